The summed E-state index contributed by atoms with van der Waals surface area (Å²) in [7, 11) is 0. The van der Waals surface area contributed by atoms with Crippen LogP contribution < -0.4 is 10.6 Å². The molecule has 0 aromatic heterocycles. The van der Waals surface area contributed by atoms with E-state index in [1.54, 1.807) is 0 Å². The van der Waals surface area contributed by atoms with Gasteiger partial charge in [0.1, 0.15) is 5.70 Å². The van der Waals surface area contributed by atoms with E-state index >= 15 is 0 Å². The minimum absolute atomic E-state index is 0.190. The van der Waals surface area contributed by atoms with Gasteiger partial charge in [-0.3, -0.25) is 14.4 Å². The van der Waals surface area contributed by atoms with Crippen molar-refractivity contribution in [3.05, 3.63) is 22.7 Å². The van der Waals surface area contributed by atoms with E-state index in [0.717, 1.165) is 18.3 Å². The van der Waals surface area contributed by atoms with Crippen LogP contribution in [0.3, 0.4) is 0 Å². The number of aldehydes is 3. The van der Waals surface area contributed by atoms with E-state index in [1.165, 1.54) is 0 Å². The van der Waals surface area contributed by atoms with Gasteiger partial charge in [0.2, 0.25) is 0 Å². The Morgan fingerprint density at radius 3 is 2.58 bits per heavy atom. The molecule has 2 aliphatic heterocycles. The summed E-state index contributed by atoms with van der Waals surface area (Å²) < 4.78 is 0. The second kappa shape index (κ2) is 5.26. The molecule has 2 heterocycles. The average Bonchev–Trinajstić information content (AvgIpc) is 2.83. The van der Waals surface area contributed by atoms with Gasteiger partial charge in [0.05, 0.1) is 11.4 Å². The van der Waals surface area contributed by atoms with E-state index in [4.69, 9.17) is 0 Å². The van der Waals surface area contributed by atoms with E-state index in [0.29, 0.717) is 36.2 Å². The zero-order valence-electron chi connectivity index (χ0n) is 11.0. The van der Waals surface area contributed by atoms with Crippen LogP contribution in [0.5, 0.6) is 0 Å². The highest BCUT2D eigenvalue weighted by atomic mass is 16.1. The summed E-state index contributed by atoms with van der Waals surface area (Å²) in [6.45, 7) is 4.56. The molecule has 6 heteroatoms. The molecule has 2 rings (SSSR count). The Hall–Kier alpha value is -2.11. The van der Waals surface area contributed by atoms with Gasteiger partial charge in [0, 0.05) is 18.2 Å². The Balaban J connectivity index is 2.48. The molecule has 2 N–H and O–H groups in total. The van der Waals surface area contributed by atoms with Gasteiger partial charge in [-0.15, -0.1) is 0 Å². The maximum atomic E-state index is 11.3. The lowest BCUT2D eigenvalue weighted by Crippen LogP contribution is -2.47. The van der Waals surface area contributed by atoms with Crippen molar-refractivity contribution in [1.29, 1.82) is 0 Å². The lowest BCUT2D eigenvalue weighted by Gasteiger charge is -2.25. The first-order chi connectivity index (χ1) is 9.15. The topological polar surface area (TPSA) is 78.5 Å². The highest BCUT2D eigenvalue weighted by molar-refractivity contribution is 5.84. The van der Waals surface area contributed by atoms with Crippen LogP contribution >= 0.6 is 0 Å². The maximum Gasteiger partial charge on any atom is 0.168 e. The standard InChI is InChI=1S/C13H17N3O3/c1-3-8(2)16-4-9-10(5-17)14-12(7-19)15-13(9)11(16)6-18/h5-8,12,14-15H,3-4H2,1-2H3. The average molecular weight is 263 g/mol. The molecule has 0 saturated carbocycles. The van der Waals surface area contributed by atoms with Gasteiger partial charge >= 0.3 is 0 Å². The predicted molar refractivity (Wildman–Crippen MR) is 68.8 cm³/mol. The smallest absolute Gasteiger partial charge is 0.168 e. The largest absolute Gasteiger partial charge is 0.360 e. The minimum Gasteiger partial charge on any atom is -0.360 e. The van der Waals surface area contributed by atoms with Gasteiger partial charge in [0.15, 0.2) is 25.0 Å². The van der Waals surface area contributed by atoms with Crippen molar-refractivity contribution in [3.8, 4) is 0 Å². The first-order valence-electron chi connectivity index (χ1n) is 6.29. The van der Waals surface area contributed by atoms with Crippen LogP contribution in [0.1, 0.15) is 20.3 Å². The number of carbonyl (C=O) groups excluding carboxylic acids is 3. The lowest BCUT2D eigenvalue weighted by molar-refractivity contribution is -0.110. The third-order valence-electron chi connectivity index (χ3n) is 3.62. The summed E-state index contributed by atoms with van der Waals surface area (Å²) in [4.78, 5) is 35.3. The van der Waals surface area contributed by atoms with Gasteiger partial charge < -0.3 is 15.5 Å². The zero-order valence-corrected chi connectivity index (χ0v) is 11.0. The number of hydrogen-bond acceptors (Lipinski definition) is 6. The summed E-state index contributed by atoms with van der Waals surface area (Å²) in [5, 5.41) is 5.75. The van der Waals surface area contributed by atoms with Crippen LogP contribution in [0.4, 0.5) is 0 Å². The van der Waals surface area contributed by atoms with Gasteiger partial charge in [0.25, 0.3) is 0 Å². The summed E-state index contributed by atoms with van der Waals surface area (Å²) in [5.41, 5.74) is 2.22. The summed E-state index contributed by atoms with van der Waals surface area (Å²) in [5.74, 6) is 0. The van der Waals surface area contributed by atoms with Gasteiger partial charge in [-0.05, 0) is 13.3 Å². The fourth-order valence-electron chi connectivity index (χ4n) is 2.37. The summed E-state index contributed by atoms with van der Waals surface area (Å²) in [6, 6.07) is 0.190. The molecule has 19 heavy (non-hydrogen) atoms. The van der Waals surface area contributed by atoms with E-state index in [1.807, 2.05) is 18.7 Å². The summed E-state index contributed by atoms with van der Waals surface area (Å²) in [6.07, 6.45) is 2.35. The van der Waals surface area contributed by atoms with Gasteiger partial charge in [-0.1, -0.05) is 6.92 Å². The molecule has 2 aliphatic rings. The van der Waals surface area contributed by atoms with E-state index in [-0.39, 0.29) is 6.04 Å². The van der Waals surface area contributed by atoms with Crippen LogP contribution in [0.25, 0.3) is 0 Å². The molecule has 0 saturated heterocycles. The number of fused-ring (bicyclic) bond motifs is 1. The minimum atomic E-state index is -0.675. The van der Waals surface area contributed by atoms with Crippen LogP contribution in [-0.4, -0.2) is 42.5 Å². The first-order valence-corrected chi connectivity index (χ1v) is 6.29. The Morgan fingerprint density at radius 1 is 1.32 bits per heavy atom. The van der Waals surface area contributed by atoms with Gasteiger partial charge in [-0.2, -0.15) is 0 Å². The number of allylic oxidation sites excluding steroid dienone is 2. The van der Waals surface area contributed by atoms with Crippen molar-refractivity contribution in [2.45, 2.75) is 32.5 Å². The van der Waals surface area contributed by atoms with Crippen LogP contribution in [0.15, 0.2) is 22.7 Å². The first kappa shape index (κ1) is 13.3. The van der Waals surface area contributed by atoms with E-state index in [9.17, 15) is 14.4 Å². The van der Waals surface area contributed by atoms with Crippen molar-refractivity contribution in [2.24, 2.45) is 0 Å². The van der Waals surface area contributed by atoms with Crippen molar-refractivity contribution in [3.63, 3.8) is 0 Å². The third kappa shape index (κ3) is 2.14. The van der Waals surface area contributed by atoms with Crippen molar-refractivity contribution < 1.29 is 14.4 Å². The summed E-state index contributed by atoms with van der Waals surface area (Å²) >= 11 is 0. The number of rotatable bonds is 5. The molecule has 0 aliphatic carbocycles. The molecule has 2 atom stereocenters. The quantitative estimate of drug-likeness (QED) is 0.662. The number of hydrogen-bond donors (Lipinski definition) is 2. The molecule has 0 amide bonds. The van der Waals surface area contributed by atoms with E-state index < -0.39 is 6.17 Å². The number of nitrogens with one attached hydrogen (secondary N) is 2. The molecule has 6 nitrogen and oxygen atoms in total. The Labute approximate surface area is 111 Å². The Bertz CT molecular complexity index is 482. The third-order valence-corrected chi connectivity index (χ3v) is 3.62. The second-order valence-corrected chi connectivity index (χ2v) is 4.68. The molecule has 0 spiro atoms. The molecular formula is C13H17N3O3. The molecule has 0 aromatic rings. The fraction of sp³-hybridized carbons (Fsp3) is 0.462. The second-order valence-electron chi connectivity index (χ2n) is 4.68. The van der Waals surface area contributed by atoms with Crippen molar-refractivity contribution in [2.75, 3.05) is 6.54 Å². The SMILES string of the molecule is CCC(C)N1CC2=C(C=O)NC(C=O)NC2=C1C=O. The molecule has 2 unspecified atom stereocenters. The monoisotopic (exact) mass is 263 g/mol. The molecule has 0 fully saturated rings. The fourth-order valence-corrected chi connectivity index (χ4v) is 2.37. The molecule has 0 radical (unpaired) electrons. The molecule has 0 aromatic carbocycles. The highest BCUT2D eigenvalue weighted by Gasteiger charge is 2.35. The van der Waals surface area contributed by atoms with Crippen LogP contribution in [0, 0.1) is 0 Å². The van der Waals surface area contributed by atoms with E-state index in [2.05, 4.69) is 10.6 Å². The molecule has 102 valence electrons. The molecule has 0 bridgehead atoms. The van der Waals surface area contributed by atoms with Crippen LogP contribution in [0.2, 0.25) is 0 Å². The van der Waals surface area contributed by atoms with Gasteiger partial charge in [-0.25, -0.2) is 0 Å². The maximum absolute atomic E-state index is 11.3. The Kier molecular flexibility index (Phi) is 3.69. The highest BCUT2D eigenvalue weighted by Crippen LogP contribution is 2.30. The number of nitrogens with zero attached hydrogens (tertiary/aromatic N) is 1. The lowest BCUT2D eigenvalue weighted by atomic mass is 10.1. The van der Waals surface area contributed by atoms with Crippen LogP contribution in [-0.2, 0) is 14.4 Å². The zero-order chi connectivity index (χ0) is 14.0. The normalized spacial score (nSPS) is 23.5. The Morgan fingerprint density at radius 2 is 2.05 bits per heavy atom. The molecular weight excluding hydrogens is 246 g/mol. The number of carbonyl (C=O) groups is 3. The van der Waals surface area contributed by atoms with Crippen molar-refractivity contribution >= 4 is 18.9 Å². The van der Waals surface area contributed by atoms with Crippen molar-refractivity contribution in [1.82, 2.24) is 15.5 Å². The predicted octanol–water partition coefficient (Wildman–Crippen LogP) is -0.318.